The molecule has 3 heterocycles. The Kier molecular flexibility index (Phi) is 5.75. The minimum Gasteiger partial charge on any atom is -0.370 e. The molecule has 0 spiro atoms. The second-order valence-corrected chi connectivity index (χ2v) is 8.73. The number of rotatable bonds is 6. The average Bonchev–Trinajstić information content (AvgIpc) is 3.24. The Hall–Kier alpha value is -3.41. The lowest BCUT2D eigenvalue weighted by Crippen LogP contribution is -2.43. The molecule has 1 aliphatic heterocycles. The molecule has 32 heavy (non-hydrogen) atoms. The van der Waals surface area contributed by atoms with E-state index in [0.29, 0.717) is 6.54 Å². The van der Waals surface area contributed by atoms with Gasteiger partial charge in [0.05, 0.1) is 17.0 Å². The van der Waals surface area contributed by atoms with Gasteiger partial charge in [-0.15, -0.1) is 0 Å². The summed E-state index contributed by atoms with van der Waals surface area (Å²) < 4.78 is 1.97. The fourth-order valence-electron chi connectivity index (χ4n) is 4.66. The van der Waals surface area contributed by atoms with E-state index in [0.717, 1.165) is 55.3 Å². The highest BCUT2D eigenvalue weighted by Crippen LogP contribution is 2.30. The van der Waals surface area contributed by atoms with Gasteiger partial charge >= 0.3 is 0 Å². The Balaban J connectivity index is 1.17. The monoisotopic (exact) mass is 427 g/mol. The van der Waals surface area contributed by atoms with Crippen molar-refractivity contribution in [3.63, 3.8) is 0 Å². The standard InChI is InChI=1S/C26H29N5O/c1-19-9-10-24-22(16-19)25(11-13-27-24)30-14-4-7-21(17-30)26(32)28-12-5-15-31-18-20-6-2-3-8-23(20)29-31/h2-3,6,8-11,13,16,18,21H,4-5,7,12,14-15,17H2,1H3,(H,28,32). The number of benzene rings is 2. The fraction of sp³-hybridized carbons (Fsp3) is 0.346. The van der Waals surface area contributed by atoms with Crippen molar-refractivity contribution in [1.29, 1.82) is 0 Å². The topological polar surface area (TPSA) is 63.1 Å². The highest BCUT2D eigenvalue weighted by molar-refractivity contribution is 5.92. The fourth-order valence-corrected chi connectivity index (χ4v) is 4.66. The van der Waals surface area contributed by atoms with Crippen LogP contribution >= 0.6 is 0 Å². The van der Waals surface area contributed by atoms with Crippen molar-refractivity contribution >= 4 is 33.4 Å². The van der Waals surface area contributed by atoms with Gasteiger partial charge in [0.2, 0.25) is 5.91 Å². The largest absolute Gasteiger partial charge is 0.370 e. The molecule has 1 saturated heterocycles. The van der Waals surface area contributed by atoms with Gasteiger partial charge in [-0.05, 0) is 50.5 Å². The molecule has 1 atom stereocenters. The van der Waals surface area contributed by atoms with Gasteiger partial charge in [-0.2, -0.15) is 5.10 Å². The van der Waals surface area contributed by atoms with Crippen LogP contribution in [0.25, 0.3) is 21.8 Å². The number of hydrogen-bond donors (Lipinski definition) is 1. The van der Waals surface area contributed by atoms with Gasteiger partial charge in [-0.1, -0.05) is 29.8 Å². The van der Waals surface area contributed by atoms with E-state index in [-0.39, 0.29) is 11.8 Å². The van der Waals surface area contributed by atoms with Crippen molar-refractivity contribution in [3.05, 3.63) is 66.5 Å². The highest BCUT2D eigenvalue weighted by Gasteiger charge is 2.26. The quantitative estimate of drug-likeness (QED) is 0.466. The van der Waals surface area contributed by atoms with Crippen LogP contribution in [0.1, 0.15) is 24.8 Å². The van der Waals surface area contributed by atoms with E-state index >= 15 is 0 Å². The molecule has 0 bridgehead atoms. The molecule has 0 aliphatic carbocycles. The van der Waals surface area contributed by atoms with Crippen molar-refractivity contribution in [2.24, 2.45) is 5.92 Å². The van der Waals surface area contributed by atoms with Crippen molar-refractivity contribution in [1.82, 2.24) is 20.1 Å². The molecule has 6 nitrogen and oxygen atoms in total. The second kappa shape index (κ2) is 8.99. The number of aryl methyl sites for hydroxylation is 2. The maximum absolute atomic E-state index is 12.9. The lowest BCUT2D eigenvalue weighted by Gasteiger charge is -2.34. The van der Waals surface area contributed by atoms with E-state index in [9.17, 15) is 4.79 Å². The average molecular weight is 428 g/mol. The predicted molar refractivity (Wildman–Crippen MR) is 129 cm³/mol. The molecule has 1 N–H and O–H groups in total. The Labute approximate surface area is 188 Å². The molecule has 2 aromatic heterocycles. The zero-order chi connectivity index (χ0) is 21.9. The van der Waals surface area contributed by atoms with Crippen molar-refractivity contribution in [2.45, 2.75) is 32.7 Å². The van der Waals surface area contributed by atoms with Gasteiger partial charge < -0.3 is 10.2 Å². The first-order valence-corrected chi connectivity index (χ1v) is 11.5. The summed E-state index contributed by atoms with van der Waals surface area (Å²) in [7, 11) is 0. The zero-order valence-electron chi connectivity index (χ0n) is 18.5. The number of nitrogens with one attached hydrogen (secondary N) is 1. The lowest BCUT2D eigenvalue weighted by molar-refractivity contribution is -0.125. The van der Waals surface area contributed by atoms with Crippen LogP contribution < -0.4 is 10.2 Å². The van der Waals surface area contributed by atoms with Crippen LogP contribution in [-0.4, -0.2) is 40.3 Å². The van der Waals surface area contributed by atoms with Gasteiger partial charge in [0.15, 0.2) is 0 Å². The van der Waals surface area contributed by atoms with Crippen molar-refractivity contribution in [3.8, 4) is 0 Å². The summed E-state index contributed by atoms with van der Waals surface area (Å²) >= 11 is 0. The first kappa shape index (κ1) is 20.5. The van der Waals surface area contributed by atoms with Crippen LogP contribution in [0, 0.1) is 12.8 Å². The number of anilines is 1. The molecular weight excluding hydrogens is 398 g/mol. The number of fused-ring (bicyclic) bond motifs is 2. The molecule has 1 unspecified atom stereocenters. The summed E-state index contributed by atoms with van der Waals surface area (Å²) in [6.45, 7) is 5.30. The summed E-state index contributed by atoms with van der Waals surface area (Å²) in [4.78, 5) is 19.7. The Morgan fingerprint density at radius 2 is 2.06 bits per heavy atom. The lowest BCUT2D eigenvalue weighted by atomic mass is 9.96. The van der Waals surface area contributed by atoms with Crippen LogP contribution in [0.5, 0.6) is 0 Å². The van der Waals surface area contributed by atoms with Crippen LogP contribution in [-0.2, 0) is 11.3 Å². The predicted octanol–water partition coefficient (Wildman–Crippen LogP) is 4.32. The molecule has 1 amide bonds. The molecule has 6 heteroatoms. The third-order valence-corrected chi connectivity index (χ3v) is 6.33. The normalized spacial score (nSPS) is 16.5. The first-order valence-electron chi connectivity index (χ1n) is 11.5. The molecular formula is C26H29N5O. The van der Waals surface area contributed by atoms with Crippen molar-refractivity contribution in [2.75, 3.05) is 24.5 Å². The number of amides is 1. The Morgan fingerprint density at radius 1 is 1.16 bits per heavy atom. The van der Waals surface area contributed by atoms with Crippen LogP contribution in [0.2, 0.25) is 0 Å². The van der Waals surface area contributed by atoms with Gasteiger partial charge in [0.1, 0.15) is 0 Å². The Bertz CT molecular complexity index is 1210. The molecule has 2 aromatic carbocycles. The SMILES string of the molecule is Cc1ccc2nccc(N3CCCC(C(=O)NCCCn4cc5ccccc5n4)C3)c2c1. The zero-order valence-corrected chi connectivity index (χ0v) is 18.5. The van der Waals surface area contributed by atoms with E-state index in [1.54, 1.807) is 0 Å². The van der Waals surface area contributed by atoms with E-state index in [2.05, 4.69) is 63.8 Å². The van der Waals surface area contributed by atoms with Crippen LogP contribution in [0.15, 0.2) is 60.9 Å². The molecule has 164 valence electrons. The van der Waals surface area contributed by atoms with E-state index in [1.165, 1.54) is 16.6 Å². The smallest absolute Gasteiger partial charge is 0.224 e. The molecule has 0 radical (unpaired) electrons. The van der Waals surface area contributed by atoms with Gasteiger partial charge in [-0.3, -0.25) is 14.5 Å². The second-order valence-electron chi connectivity index (χ2n) is 8.73. The number of hydrogen-bond acceptors (Lipinski definition) is 4. The number of carbonyl (C=O) groups is 1. The number of aromatic nitrogens is 3. The van der Waals surface area contributed by atoms with Crippen molar-refractivity contribution < 1.29 is 4.79 Å². The summed E-state index contributed by atoms with van der Waals surface area (Å²) in [6, 6.07) is 16.6. The number of piperidine rings is 1. The first-order chi connectivity index (χ1) is 15.7. The third kappa shape index (κ3) is 4.31. The van der Waals surface area contributed by atoms with Crippen LogP contribution in [0.3, 0.4) is 0 Å². The minimum atomic E-state index is 0.0177. The van der Waals surface area contributed by atoms with E-state index < -0.39 is 0 Å². The minimum absolute atomic E-state index is 0.0177. The van der Waals surface area contributed by atoms with E-state index in [1.807, 2.05) is 29.1 Å². The molecule has 1 fully saturated rings. The van der Waals surface area contributed by atoms with E-state index in [4.69, 9.17) is 0 Å². The molecule has 4 aromatic rings. The molecule has 5 rings (SSSR count). The molecule has 1 aliphatic rings. The molecule has 0 saturated carbocycles. The van der Waals surface area contributed by atoms with Gasteiger partial charge in [0.25, 0.3) is 0 Å². The summed E-state index contributed by atoms with van der Waals surface area (Å²) in [6.07, 6.45) is 6.76. The summed E-state index contributed by atoms with van der Waals surface area (Å²) in [5.74, 6) is 0.180. The summed E-state index contributed by atoms with van der Waals surface area (Å²) in [5, 5.41) is 10.1. The third-order valence-electron chi connectivity index (χ3n) is 6.33. The number of pyridine rings is 1. The number of nitrogens with zero attached hydrogens (tertiary/aromatic N) is 4. The van der Waals surface area contributed by atoms with Gasteiger partial charge in [0, 0.05) is 55.0 Å². The maximum Gasteiger partial charge on any atom is 0.224 e. The number of carbonyl (C=O) groups excluding carboxylic acids is 1. The van der Waals surface area contributed by atoms with Crippen LogP contribution in [0.4, 0.5) is 5.69 Å². The highest BCUT2D eigenvalue weighted by atomic mass is 16.1. The summed E-state index contributed by atoms with van der Waals surface area (Å²) in [5.41, 5.74) is 4.42. The Morgan fingerprint density at radius 3 is 2.97 bits per heavy atom. The van der Waals surface area contributed by atoms with Gasteiger partial charge in [-0.25, -0.2) is 0 Å². The maximum atomic E-state index is 12.9.